The molecule has 0 atom stereocenters. The maximum absolute atomic E-state index is 10.6. The predicted molar refractivity (Wildman–Crippen MR) is 77.3 cm³/mol. The fraction of sp³-hybridized carbons (Fsp3) is 0. The van der Waals surface area contributed by atoms with E-state index in [1.165, 1.54) is 12.2 Å². The van der Waals surface area contributed by atoms with Crippen molar-refractivity contribution in [3.63, 3.8) is 0 Å². The molecule has 2 aromatic rings. The molecule has 0 amide bonds. The topological polar surface area (TPSA) is 74.6 Å². The van der Waals surface area contributed by atoms with E-state index >= 15 is 0 Å². The number of hydrogen-bond donors (Lipinski definition) is 2. The van der Waals surface area contributed by atoms with Crippen LogP contribution in [0.5, 0.6) is 0 Å². The van der Waals surface area contributed by atoms with E-state index in [1.54, 1.807) is 0 Å². The third-order valence-corrected chi connectivity index (χ3v) is 2.80. The lowest BCUT2D eigenvalue weighted by atomic mass is 9.99. The number of hydrogen-bond acceptors (Lipinski definition) is 2. The summed E-state index contributed by atoms with van der Waals surface area (Å²) in [7, 11) is 0. The van der Waals surface area contributed by atoms with Gasteiger partial charge < -0.3 is 10.2 Å². The van der Waals surface area contributed by atoms with Crippen LogP contribution in [-0.4, -0.2) is 22.2 Å². The van der Waals surface area contributed by atoms with Crippen LogP contribution in [0.4, 0.5) is 0 Å². The molecule has 2 N–H and O–H groups in total. The standard InChI is InChI=1S/C16H12O4/c17-15(18)9-7-11-3-1-5-13-12(8-10-16(19)20)4-2-6-14(11)13/h1-10H,(H,17,18)(H,19,20)/b9-7+,10-8+. The van der Waals surface area contributed by atoms with Gasteiger partial charge in [-0.25, -0.2) is 9.59 Å². The van der Waals surface area contributed by atoms with E-state index < -0.39 is 11.9 Å². The molecule has 0 spiro atoms. The zero-order chi connectivity index (χ0) is 14.5. The molecular weight excluding hydrogens is 256 g/mol. The Balaban J connectivity index is 2.57. The number of rotatable bonds is 4. The molecule has 0 heterocycles. The number of carboxylic acid groups (broad SMARTS) is 2. The zero-order valence-corrected chi connectivity index (χ0v) is 10.5. The quantitative estimate of drug-likeness (QED) is 0.836. The largest absolute Gasteiger partial charge is 0.478 e. The molecule has 2 aromatic carbocycles. The summed E-state index contributed by atoms with van der Waals surface area (Å²) in [6.45, 7) is 0. The molecule has 4 heteroatoms. The van der Waals surface area contributed by atoms with Crippen LogP contribution in [0.3, 0.4) is 0 Å². The van der Waals surface area contributed by atoms with Crippen LogP contribution >= 0.6 is 0 Å². The Hall–Kier alpha value is -2.88. The molecule has 4 nitrogen and oxygen atoms in total. The average molecular weight is 268 g/mol. The molecule has 0 radical (unpaired) electrons. The van der Waals surface area contributed by atoms with Crippen LogP contribution in [0, 0.1) is 0 Å². The highest BCUT2D eigenvalue weighted by molar-refractivity contribution is 5.99. The van der Waals surface area contributed by atoms with Gasteiger partial charge >= 0.3 is 11.9 Å². The Morgan fingerprint density at radius 3 is 1.50 bits per heavy atom. The summed E-state index contributed by atoms with van der Waals surface area (Å²) in [6.07, 6.45) is 5.20. The first-order valence-corrected chi connectivity index (χ1v) is 5.91. The van der Waals surface area contributed by atoms with E-state index in [1.807, 2.05) is 36.4 Å². The Morgan fingerprint density at radius 2 is 1.15 bits per heavy atom. The van der Waals surface area contributed by atoms with Gasteiger partial charge in [0.15, 0.2) is 0 Å². The number of carbonyl (C=O) groups is 2. The normalized spacial score (nSPS) is 11.4. The monoisotopic (exact) mass is 268 g/mol. The Morgan fingerprint density at radius 1 is 0.750 bits per heavy atom. The maximum Gasteiger partial charge on any atom is 0.328 e. The number of aliphatic carboxylic acids is 2. The van der Waals surface area contributed by atoms with Gasteiger partial charge in [-0.3, -0.25) is 0 Å². The van der Waals surface area contributed by atoms with Crippen molar-refractivity contribution in [1.29, 1.82) is 0 Å². The van der Waals surface area contributed by atoms with Crippen molar-refractivity contribution in [2.45, 2.75) is 0 Å². The molecule has 0 aliphatic heterocycles. The summed E-state index contributed by atoms with van der Waals surface area (Å²) >= 11 is 0. The van der Waals surface area contributed by atoms with Gasteiger partial charge in [-0.1, -0.05) is 36.4 Å². The SMILES string of the molecule is O=C(O)/C=C/c1cccc2c(/C=C/C(=O)O)cccc12. The lowest BCUT2D eigenvalue weighted by Gasteiger charge is -2.05. The van der Waals surface area contributed by atoms with Gasteiger partial charge in [-0.05, 0) is 34.1 Å². The molecule has 0 saturated carbocycles. The van der Waals surface area contributed by atoms with Crippen molar-refractivity contribution >= 4 is 34.9 Å². The van der Waals surface area contributed by atoms with E-state index in [0.717, 1.165) is 34.1 Å². The predicted octanol–water partition coefficient (Wildman–Crippen LogP) is 3.04. The Labute approximate surface area is 115 Å². The molecule has 0 fully saturated rings. The Bertz CT molecular complexity index is 663. The van der Waals surface area contributed by atoms with Gasteiger partial charge in [0.25, 0.3) is 0 Å². The summed E-state index contributed by atoms with van der Waals surface area (Å²) in [5, 5.41) is 19.1. The highest BCUT2D eigenvalue weighted by Crippen LogP contribution is 2.24. The lowest BCUT2D eigenvalue weighted by molar-refractivity contribution is -0.132. The third kappa shape index (κ3) is 3.11. The molecule has 0 aliphatic rings. The van der Waals surface area contributed by atoms with Crippen molar-refractivity contribution in [3.8, 4) is 0 Å². The molecule has 100 valence electrons. The number of fused-ring (bicyclic) bond motifs is 1. The third-order valence-electron chi connectivity index (χ3n) is 2.80. The van der Waals surface area contributed by atoms with Crippen molar-refractivity contribution in [3.05, 3.63) is 59.7 Å². The molecule has 0 aliphatic carbocycles. The van der Waals surface area contributed by atoms with Gasteiger partial charge in [0.1, 0.15) is 0 Å². The first-order valence-electron chi connectivity index (χ1n) is 5.91. The number of carboxylic acids is 2. The van der Waals surface area contributed by atoms with E-state index in [-0.39, 0.29) is 0 Å². The molecular formula is C16H12O4. The van der Waals surface area contributed by atoms with Crippen molar-refractivity contribution in [1.82, 2.24) is 0 Å². The van der Waals surface area contributed by atoms with Gasteiger partial charge in [0.2, 0.25) is 0 Å². The first kappa shape index (κ1) is 13.5. The Kier molecular flexibility index (Phi) is 3.96. The molecule has 0 unspecified atom stereocenters. The van der Waals surface area contributed by atoms with Crippen LogP contribution in [-0.2, 0) is 9.59 Å². The van der Waals surface area contributed by atoms with E-state index in [2.05, 4.69) is 0 Å². The summed E-state index contributed by atoms with van der Waals surface area (Å²) in [5.41, 5.74) is 1.55. The van der Waals surface area contributed by atoms with Crippen LogP contribution in [0.1, 0.15) is 11.1 Å². The fourth-order valence-corrected chi connectivity index (χ4v) is 1.97. The van der Waals surface area contributed by atoms with Crippen molar-refractivity contribution < 1.29 is 19.8 Å². The first-order chi connectivity index (χ1) is 9.58. The maximum atomic E-state index is 10.6. The fourth-order valence-electron chi connectivity index (χ4n) is 1.97. The zero-order valence-electron chi connectivity index (χ0n) is 10.5. The van der Waals surface area contributed by atoms with E-state index in [9.17, 15) is 9.59 Å². The number of benzene rings is 2. The highest BCUT2D eigenvalue weighted by atomic mass is 16.4. The van der Waals surface area contributed by atoms with Crippen molar-refractivity contribution in [2.24, 2.45) is 0 Å². The molecule has 2 rings (SSSR count). The minimum atomic E-state index is -1.01. The second-order valence-corrected chi connectivity index (χ2v) is 4.13. The van der Waals surface area contributed by atoms with Crippen molar-refractivity contribution in [2.75, 3.05) is 0 Å². The van der Waals surface area contributed by atoms with Crippen LogP contribution in [0.2, 0.25) is 0 Å². The minimum Gasteiger partial charge on any atom is -0.478 e. The lowest BCUT2D eigenvalue weighted by Crippen LogP contribution is -1.88. The minimum absolute atomic E-state index is 0.774. The van der Waals surface area contributed by atoms with Crippen LogP contribution in [0.15, 0.2) is 48.6 Å². The molecule has 0 aromatic heterocycles. The van der Waals surface area contributed by atoms with Gasteiger partial charge in [-0.15, -0.1) is 0 Å². The van der Waals surface area contributed by atoms with E-state index in [0.29, 0.717) is 0 Å². The van der Waals surface area contributed by atoms with Gasteiger partial charge in [-0.2, -0.15) is 0 Å². The molecule has 0 saturated heterocycles. The molecule has 20 heavy (non-hydrogen) atoms. The van der Waals surface area contributed by atoms with Gasteiger partial charge in [0, 0.05) is 12.2 Å². The van der Waals surface area contributed by atoms with Crippen LogP contribution < -0.4 is 0 Å². The second kappa shape index (κ2) is 5.84. The summed E-state index contributed by atoms with van der Waals surface area (Å²) in [5.74, 6) is -2.02. The highest BCUT2D eigenvalue weighted by Gasteiger charge is 2.02. The molecule has 0 bridgehead atoms. The smallest absolute Gasteiger partial charge is 0.328 e. The van der Waals surface area contributed by atoms with E-state index in [4.69, 9.17) is 10.2 Å². The second-order valence-electron chi connectivity index (χ2n) is 4.13. The summed E-state index contributed by atoms with van der Waals surface area (Å²) in [6, 6.07) is 11.0. The van der Waals surface area contributed by atoms with Gasteiger partial charge in [0.05, 0.1) is 0 Å². The summed E-state index contributed by atoms with van der Waals surface area (Å²) in [4.78, 5) is 21.2. The summed E-state index contributed by atoms with van der Waals surface area (Å²) < 4.78 is 0. The van der Waals surface area contributed by atoms with Crippen LogP contribution in [0.25, 0.3) is 22.9 Å². The average Bonchev–Trinajstić information content (AvgIpc) is 2.42.